The molecule has 2 aromatic rings. The molecule has 1 aromatic carbocycles. The van der Waals surface area contributed by atoms with Crippen molar-refractivity contribution in [3.8, 4) is 17.0 Å². The first kappa shape index (κ1) is 20.8. The molecule has 0 bridgehead atoms. The minimum atomic E-state index is -3.19. The van der Waals surface area contributed by atoms with Crippen LogP contribution in [0.2, 0.25) is 0 Å². The monoisotopic (exact) mass is 423 g/mol. The molecule has 1 fully saturated rings. The van der Waals surface area contributed by atoms with Gasteiger partial charge in [-0.1, -0.05) is 0 Å². The predicted octanol–water partition coefficient (Wildman–Crippen LogP) is 3.13. The molecule has 1 amide bonds. The van der Waals surface area contributed by atoms with E-state index in [1.165, 1.54) is 21.9 Å². The molecule has 9 heteroatoms. The maximum atomic E-state index is 12.6. The van der Waals surface area contributed by atoms with Crippen molar-refractivity contribution in [1.29, 1.82) is 0 Å². The highest BCUT2D eigenvalue weighted by Crippen LogP contribution is 2.32. The Labute approximate surface area is 169 Å². The fraction of sp³-hybridized carbons (Fsp3) is 0.474. The topological polar surface area (TPSA) is 88.6 Å². The fourth-order valence-electron chi connectivity index (χ4n) is 3.25. The molecule has 28 heavy (non-hydrogen) atoms. The lowest BCUT2D eigenvalue weighted by Crippen LogP contribution is -2.40. The predicted molar refractivity (Wildman–Crippen MR) is 111 cm³/mol. The van der Waals surface area contributed by atoms with Gasteiger partial charge >= 0.3 is 0 Å². The van der Waals surface area contributed by atoms with Crippen LogP contribution < -0.4 is 10.1 Å². The lowest BCUT2D eigenvalue weighted by atomic mass is 9.97. The first-order chi connectivity index (χ1) is 13.3. The summed E-state index contributed by atoms with van der Waals surface area (Å²) in [6.45, 7) is 5.30. The lowest BCUT2D eigenvalue weighted by molar-refractivity contribution is -0.120. The first-order valence-electron chi connectivity index (χ1n) is 9.24. The zero-order valence-corrected chi connectivity index (χ0v) is 17.9. The number of carbonyl (C=O) groups excluding carboxylic acids is 1. The van der Waals surface area contributed by atoms with E-state index in [1.54, 1.807) is 0 Å². The van der Waals surface area contributed by atoms with Crippen molar-refractivity contribution in [2.45, 2.75) is 26.7 Å². The molecule has 0 radical (unpaired) electrons. The zero-order valence-electron chi connectivity index (χ0n) is 16.3. The van der Waals surface area contributed by atoms with Crippen LogP contribution >= 0.6 is 11.3 Å². The van der Waals surface area contributed by atoms with Gasteiger partial charge in [-0.15, -0.1) is 11.3 Å². The SMILES string of the molecule is CCOc1ccc(-c2nc(NC(=O)C3CCN(S(C)(=O)=O)CC3)sc2C)cc1. The Morgan fingerprint density at radius 3 is 2.50 bits per heavy atom. The first-order valence-corrected chi connectivity index (χ1v) is 11.9. The van der Waals surface area contributed by atoms with E-state index in [1.807, 2.05) is 38.1 Å². The highest BCUT2D eigenvalue weighted by Gasteiger charge is 2.29. The summed E-state index contributed by atoms with van der Waals surface area (Å²) >= 11 is 1.44. The van der Waals surface area contributed by atoms with E-state index >= 15 is 0 Å². The van der Waals surface area contributed by atoms with Crippen LogP contribution in [0.1, 0.15) is 24.6 Å². The number of aromatic nitrogens is 1. The van der Waals surface area contributed by atoms with Crippen LogP contribution in [0.15, 0.2) is 24.3 Å². The second kappa shape index (κ2) is 8.59. The van der Waals surface area contributed by atoms with Gasteiger partial charge in [0.2, 0.25) is 15.9 Å². The molecule has 0 atom stereocenters. The summed E-state index contributed by atoms with van der Waals surface area (Å²) in [5.41, 5.74) is 1.81. The molecule has 0 aliphatic carbocycles. The Kier molecular flexibility index (Phi) is 6.36. The smallest absolute Gasteiger partial charge is 0.229 e. The summed E-state index contributed by atoms with van der Waals surface area (Å²) < 4.78 is 30.1. The van der Waals surface area contributed by atoms with E-state index in [0.29, 0.717) is 37.7 Å². The largest absolute Gasteiger partial charge is 0.494 e. The second-order valence-corrected chi connectivity index (χ2v) is 9.99. The third-order valence-corrected chi connectivity index (χ3v) is 6.95. The van der Waals surface area contributed by atoms with Crippen molar-refractivity contribution in [3.63, 3.8) is 0 Å². The number of amides is 1. The van der Waals surface area contributed by atoms with Crippen molar-refractivity contribution in [1.82, 2.24) is 9.29 Å². The van der Waals surface area contributed by atoms with Gasteiger partial charge in [-0.3, -0.25) is 4.79 Å². The van der Waals surface area contributed by atoms with Crippen LogP contribution in [0.5, 0.6) is 5.75 Å². The Morgan fingerprint density at radius 1 is 1.29 bits per heavy atom. The summed E-state index contributed by atoms with van der Waals surface area (Å²) in [5.74, 6) is 0.518. The Bertz CT molecular complexity index is 931. The molecule has 1 N–H and O–H groups in total. The summed E-state index contributed by atoms with van der Waals surface area (Å²) in [6, 6.07) is 7.73. The van der Waals surface area contributed by atoms with Crippen LogP contribution in [0.25, 0.3) is 11.3 Å². The number of sulfonamides is 1. The number of piperidine rings is 1. The van der Waals surface area contributed by atoms with E-state index in [-0.39, 0.29) is 11.8 Å². The second-order valence-electron chi connectivity index (χ2n) is 6.81. The summed E-state index contributed by atoms with van der Waals surface area (Å²) in [4.78, 5) is 18.2. The maximum absolute atomic E-state index is 12.6. The number of ether oxygens (including phenoxy) is 1. The Morgan fingerprint density at radius 2 is 1.93 bits per heavy atom. The van der Waals surface area contributed by atoms with Gasteiger partial charge in [0.15, 0.2) is 5.13 Å². The van der Waals surface area contributed by atoms with Gasteiger partial charge in [0.1, 0.15) is 5.75 Å². The van der Waals surface area contributed by atoms with Gasteiger partial charge in [0.25, 0.3) is 0 Å². The number of hydrogen-bond donors (Lipinski definition) is 1. The van der Waals surface area contributed by atoms with Gasteiger partial charge in [-0.25, -0.2) is 17.7 Å². The van der Waals surface area contributed by atoms with Gasteiger partial charge in [-0.2, -0.15) is 0 Å². The molecular formula is C19H25N3O4S2. The highest BCUT2D eigenvalue weighted by molar-refractivity contribution is 7.88. The molecule has 152 valence electrons. The van der Waals surface area contributed by atoms with Crippen molar-refractivity contribution >= 4 is 32.4 Å². The average Bonchev–Trinajstić information content (AvgIpc) is 3.02. The van der Waals surface area contributed by atoms with E-state index < -0.39 is 10.0 Å². The summed E-state index contributed by atoms with van der Waals surface area (Å²) in [7, 11) is -3.19. The number of carbonyl (C=O) groups is 1. The van der Waals surface area contributed by atoms with Crippen LogP contribution in [0, 0.1) is 12.8 Å². The van der Waals surface area contributed by atoms with Crippen molar-refractivity contribution in [2.24, 2.45) is 5.92 Å². The van der Waals surface area contributed by atoms with Gasteiger partial charge in [0.05, 0.1) is 18.6 Å². The normalized spacial score (nSPS) is 16.1. The van der Waals surface area contributed by atoms with Crippen molar-refractivity contribution < 1.29 is 17.9 Å². The number of nitrogens with zero attached hydrogens (tertiary/aromatic N) is 2. The summed E-state index contributed by atoms with van der Waals surface area (Å²) in [5, 5.41) is 3.47. The van der Waals surface area contributed by atoms with Gasteiger partial charge in [-0.05, 0) is 51.0 Å². The van der Waals surface area contributed by atoms with Crippen molar-refractivity contribution in [3.05, 3.63) is 29.1 Å². The molecule has 0 unspecified atom stereocenters. The molecule has 3 rings (SSSR count). The maximum Gasteiger partial charge on any atom is 0.229 e. The molecule has 1 aromatic heterocycles. The minimum Gasteiger partial charge on any atom is -0.494 e. The molecule has 1 aliphatic rings. The van der Waals surface area contributed by atoms with E-state index in [9.17, 15) is 13.2 Å². The average molecular weight is 424 g/mol. The third-order valence-electron chi connectivity index (χ3n) is 4.76. The zero-order chi connectivity index (χ0) is 20.3. The Hall–Kier alpha value is -1.97. The Balaban J connectivity index is 1.64. The third kappa shape index (κ3) is 4.89. The van der Waals surface area contributed by atoms with E-state index in [0.717, 1.165) is 21.9 Å². The summed E-state index contributed by atoms with van der Waals surface area (Å²) in [6.07, 6.45) is 2.25. The molecule has 2 heterocycles. The highest BCUT2D eigenvalue weighted by atomic mass is 32.2. The molecule has 1 saturated heterocycles. The molecule has 1 aliphatic heterocycles. The van der Waals surface area contributed by atoms with Gasteiger partial charge < -0.3 is 10.1 Å². The molecular weight excluding hydrogens is 398 g/mol. The number of nitrogens with one attached hydrogen (secondary N) is 1. The number of hydrogen-bond acceptors (Lipinski definition) is 6. The van der Waals surface area contributed by atoms with Crippen molar-refractivity contribution in [2.75, 3.05) is 31.3 Å². The van der Waals surface area contributed by atoms with E-state index in [2.05, 4.69) is 10.3 Å². The number of aryl methyl sites for hydroxylation is 1. The molecule has 0 spiro atoms. The van der Waals surface area contributed by atoms with Crippen LogP contribution in [0.3, 0.4) is 0 Å². The standard InChI is InChI=1S/C19H25N3O4S2/c1-4-26-16-7-5-14(6-8-16)17-13(2)27-19(20-17)21-18(23)15-9-11-22(12-10-15)28(3,24)25/h5-8,15H,4,9-12H2,1-3H3,(H,20,21,23). The number of rotatable bonds is 6. The molecule has 7 nitrogen and oxygen atoms in total. The number of thiazole rings is 1. The van der Waals surface area contributed by atoms with Crippen LogP contribution in [-0.2, 0) is 14.8 Å². The lowest BCUT2D eigenvalue weighted by Gasteiger charge is -2.29. The number of anilines is 1. The minimum absolute atomic E-state index is 0.0971. The fourth-order valence-corrected chi connectivity index (χ4v) is 4.96. The molecule has 0 saturated carbocycles. The quantitative estimate of drug-likeness (QED) is 0.771. The van der Waals surface area contributed by atoms with Gasteiger partial charge in [0, 0.05) is 29.4 Å². The number of benzene rings is 1. The van der Waals surface area contributed by atoms with Crippen LogP contribution in [-0.4, -0.2) is 49.6 Å². The van der Waals surface area contributed by atoms with E-state index in [4.69, 9.17) is 4.74 Å². The van der Waals surface area contributed by atoms with Crippen LogP contribution in [0.4, 0.5) is 5.13 Å².